The van der Waals surface area contributed by atoms with Gasteiger partial charge in [0.25, 0.3) is 0 Å². The Labute approximate surface area is 127 Å². The van der Waals surface area contributed by atoms with E-state index >= 15 is 0 Å². The Morgan fingerprint density at radius 3 is 2.86 bits per heavy atom. The highest BCUT2D eigenvalue weighted by atomic mass is 16.5. The highest BCUT2D eigenvalue weighted by Crippen LogP contribution is 2.31. The molecule has 1 fully saturated rings. The van der Waals surface area contributed by atoms with Crippen LogP contribution in [0.3, 0.4) is 0 Å². The molecule has 1 aromatic carbocycles. The Balaban J connectivity index is 2.06. The third-order valence-corrected chi connectivity index (χ3v) is 3.50. The quantitative estimate of drug-likeness (QED) is 0.561. The molecule has 1 aromatic heterocycles. The largest absolute Gasteiger partial charge is 0.370 e. The third-order valence-electron chi connectivity index (χ3n) is 3.50. The zero-order chi connectivity index (χ0) is 15.5. The number of guanidine groups is 2. The van der Waals surface area contributed by atoms with E-state index in [2.05, 4.69) is 15.1 Å². The summed E-state index contributed by atoms with van der Waals surface area (Å²) in [7, 11) is 0. The minimum atomic E-state index is -0.127. The maximum absolute atomic E-state index is 5.81. The number of para-hydroxylation sites is 1. The Morgan fingerprint density at radius 1 is 1.27 bits per heavy atom. The van der Waals surface area contributed by atoms with Gasteiger partial charge in [-0.05, 0) is 25.3 Å². The van der Waals surface area contributed by atoms with Gasteiger partial charge in [-0.1, -0.05) is 12.1 Å². The minimum Gasteiger partial charge on any atom is -0.370 e. The maximum Gasteiger partial charge on any atom is 0.223 e. The molecule has 0 amide bonds. The predicted octanol–water partition coefficient (Wildman–Crippen LogP) is 0.955. The molecule has 3 rings (SSSR count). The number of rotatable bonds is 2. The molecule has 0 aliphatic carbocycles. The molecule has 0 saturated carbocycles. The van der Waals surface area contributed by atoms with E-state index in [-0.39, 0.29) is 18.1 Å². The standard InChI is InChI=1S/C14H19N7O/c15-13(16)20-14(17)19-10-5-3-4-9-8-18-21(12(9)10)11-6-1-2-7-22-11/h3-5,8,11H,1-2,6-7H2,(H6,15,16,17,19,20). The van der Waals surface area contributed by atoms with Crippen molar-refractivity contribution >= 4 is 28.5 Å². The first-order valence-electron chi connectivity index (χ1n) is 7.17. The van der Waals surface area contributed by atoms with Crippen LogP contribution >= 0.6 is 0 Å². The van der Waals surface area contributed by atoms with Crippen molar-refractivity contribution < 1.29 is 4.74 Å². The topological polar surface area (TPSA) is 130 Å². The Hall–Kier alpha value is -2.61. The van der Waals surface area contributed by atoms with Gasteiger partial charge >= 0.3 is 0 Å². The zero-order valence-corrected chi connectivity index (χ0v) is 12.1. The van der Waals surface area contributed by atoms with Gasteiger partial charge in [0.05, 0.1) is 17.4 Å². The fourth-order valence-corrected chi connectivity index (χ4v) is 2.59. The summed E-state index contributed by atoms with van der Waals surface area (Å²) >= 11 is 0. The van der Waals surface area contributed by atoms with Crippen molar-refractivity contribution in [2.75, 3.05) is 6.61 Å². The first-order chi connectivity index (χ1) is 10.6. The molecular formula is C14H19N7O. The van der Waals surface area contributed by atoms with Crippen molar-refractivity contribution in [3.8, 4) is 0 Å². The van der Waals surface area contributed by atoms with E-state index in [1.807, 2.05) is 22.9 Å². The molecule has 1 aliphatic heterocycles. The smallest absolute Gasteiger partial charge is 0.223 e. The first kappa shape index (κ1) is 14.3. The zero-order valence-electron chi connectivity index (χ0n) is 12.1. The van der Waals surface area contributed by atoms with E-state index in [1.165, 1.54) is 0 Å². The number of benzene rings is 1. The molecule has 1 atom stereocenters. The van der Waals surface area contributed by atoms with Crippen LogP contribution in [-0.2, 0) is 4.74 Å². The van der Waals surface area contributed by atoms with E-state index in [0.29, 0.717) is 5.69 Å². The summed E-state index contributed by atoms with van der Waals surface area (Å²) in [6.45, 7) is 0.744. The van der Waals surface area contributed by atoms with Crippen LogP contribution in [0.25, 0.3) is 10.9 Å². The molecule has 1 unspecified atom stereocenters. The lowest BCUT2D eigenvalue weighted by atomic mass is 10.2. The number of ether oxygens (including phenoxy) is 1. The maximum atomic E-state index is 5.81. The Kier molecular flexibility index (Phi) is 3.92. The lowest BCUT2D eigenvalue weighted by Gasteiger charge is -2.23. The van der Waals surface area contributed by atoms with E-state index in [0.717, 1.165) is 36.8 Å². The fraction of sp³-hybridized carbons (Fsp3) is 0.357. The Bertz CT molecular complexity index is 724. The second-order valence-corrected chi connectivity index (χ2v) is 5.13. The van der Waals surface area contributed by atoms with Crippen LogP contribution in [0.2, 0.25) is 0 Å². The van der Waals surface area contributed by atoms with Crippen molar-refractivity contribution in [2.24, 2.45) is 27.2 Å². The monoisotopic (exact) mass is 301 g/mol. The van der Waals surface area contributed by atoms with Crippen LogP contribution in [-0.4, -0.2) is 28.3 Å². The number of hydrogen-bond acceptors (Lipinski definition) is 3. The second-order valence-electron chi connectivity index (χ2n) is 5.13. The summed E-state index contributed by atoms with van der Waals surface area (Å²) in [5.74, 6) is -0.123. The van der Waals surface area contributed by atoms with Crippen LogP contribution < -0.4 is 17.2 Å². The van der Waals surface area contributed by atoms with E-state index in [9.17, 15) is 0 Å². The van der Waals surface area contributed by atoms with Crippen LogP contribution in [0.1, 0.15) is 25.5 Å². The highest BCUT2D eigenvalue weighted by molar-refractivity contribution is 5.97. The van der Waals surface area contributed by atoms with Gasteiger partial charge in [0, 0.05) is 12.0 Å². The molecule has 1 saturated heterocycles. The molecule has 1 aliphatic rings. The molecule has 22 heavy (non-hydrogen) atoms. The summed E-state index contributed by atoms with van der Waals surface area (Å²) in [4.78, 5) is 8.03. The molecule has 8 nitrogen and oxygen atoms in total. The number of hydrogen-bond donors (Lipinski definition) is 3. The number of nitrogens with two attached hydrogens (primary N) is 3. The SMILES string of the molecule is NC(N)=NC(N)=Nc1cccc2cnn(C3CCCCO3)c12. The molecule has 116 valence electrons. The molecule has 8 heteroatoms. The number of fused-ring (bicyclic) bond motifs is 1. The van der Waals surface area contributed by atoms with E-state index in [1.54, 1.807) is 6.20 Å². The summed E-state index contributed by atoms with van der Waals surface area (Å²) < 4.78 is 7.67. The molecule has 0 bridgehead atoms. The van der Waals surface area contributed by atoms with Crippen molar-refractivity contribution in [2.45, 2.75) is 25.5 Å². The lowest BCUT2D eigenvalue weighted by Crippen LogP contribution is -2.26. The van der Waals surface area contributed by atoms with Gasteiger partial charge in [-0.25, -0.2) is 9.67 Å². The van der Waals surface area contributed by atoms with Crippen LogP contribution in [0, 0.1) is 0 Å². The Morgan fingerprint density at radius 2 is 2.14 bits per heavy atom. The number of aromatic nitrogens is 2. The van der Waals surface area contributed by atoms with E-state index < -0.39 is 0 Å². The average molecular weight is 301 g/mol. The molecular weight excluding hydrogens is 282 g/mol. The molecule has 2 heterocycles. The van der Waals surface area contributed by atoms with Crippen LogP contribution in [0.15, 0.2) is 34.4 Å². The van der Waals surface area contributed by atoms with Gasteiger partial charge in [0.15, 0.2) is 12.2 Å². The molecule has 2 aromatic rings. The average Bonchev–Trinajstić information content (AvgIpc) is 2.92. The van der Waals surface area contributed by atoms with Gasteiger partial charge < -0.3 is 21.9 Å². The summed E-state index contributed by atoms with van der Waals surface area (Å²) in [5.41, 5.74) is 17.9. The lowest BCUT2D eigenvalue weighted by molar-refractivity contribution is -0.0366. The van der Waals surface area contributed by atoms with Gasteiger partial charge in [-0.3, -0.25) is 0 Å². The molecule has 6 N–H and O–H groups in total. The minimum absolute atomic E-state index is 0.00446. The summed E-state index contributed by atoms with van der Waals surface area (Å²) in [6.07, 6.45) is 4.85. The van der Waals surface area contributed by atoms with E-state index in [4.69, 9.17) is 21.9 Å². The van der Waals surface area contributed by atoms with Gasteiger partial charge in [-0.15, -0.1) is 0 Å². The van der Waals surface area contributed by atoms with Crippen molar-refractivity contribution in [1.82, 2.24) is 9.78 Å². The van der Waals surface area contributed by atoms with Gasteiger partial charge in [0.1, 0.15) is 0 Å². The predicted molar refractivity (Wildman–Crippen MR) is 85.7 cm³/mol. The third kappa shape index (κ3) is 2.86. The molecule has 0 radical (unpaired) electrons. The van der Waals surface area contributed by atoms with Gasteiger partial charge in [0.2, 0.25) is 5.96 Å². The van der Waals surface area contributed by atoms with Crippen LogP contribution in [0.5, 0.6) is 0 Å². The van der Waals surface area contributed by atoms with Crippen LogP contribution in [0.4, 0.5) is 5.69 Å². The first-order valence-corrected chi connectivity index (χ1v) is 7.17. The number of nitrogens with zero attached hydrogens (tertiary/aromatic N) is 4. The van der Waals surface area contributed by atoms with Crippen molar-refractivity contribution in [3.05, 3.63) is 24.4 Å². The summed E-state index contributed by atoms with van der Waals surface area (Å²) in [5, 5.41) is 5.41. The second kappa shape index (κ2) is 6.02. The van der Waals surface area contributed by atoms with Gasteiger partial charge in [-0.2, -0.15) is 10.1 Å². The normalized spacial score (nSPS) is 19.3. The fourth-order valence-electron chi connectivity index (χ4n) is 2.59. The number of aliphatic imine (C=N–C) groups is 2. The van der Waals surface area contributed by atoms with Crippen molar-refractivity contribution in [1.29, 1.82) is 0 Å². The van der Waals surface area contributed by atoms with Crippen molar-refractivity contribution in [3.63, 3.8) is 0 Å². The molecule has 0 spiro atoms. The highest BCUT2D eigenvalue weighted by Gasteiger charge is 2.20. The summed E-state index contributed by atoms with van der Waals surface area (Å²) in [6, 6.07) is 5.70.